The normalized spacial score (nSPS) is 12.1. The maximum absolute atomic E-state index is 11.6. The fraction of sp³-hybridized carbons (Fsp3) is 0.556. The number of nitrogens with zero attached hydrogens (tertiary/aromatic N) is 2. The van der Waals surface area contributed by atoms with Crippen LogP contribution in [0.25, 0.3) is 0 Å². The third-order valence-corrected chi connectivity index (χ3v) is 2.40. The highest BCUT2D eigenvalue weighted by atomic mass is 32.1. The molecule has 0 saturated carbocycles. The van der Waals surface area contributed by atoms with E-state index < -0.39 is 5.92 Å². The third kappa shape index (κ3) is 3.58. The number of carbonyl (C=O) groups excluding carboxylic acids is 1. The minimum Gasteiger partial charge on any atom is -0.393 e. The predicted molar refractivity (Wildman–Crippen MR) is 61.6 cm³/mol. The lowest BCUT2D eigenvalue weighted by atomic mass is 10.1. The third-order valence-electron chi connectivity index (χ3n) is 2.11. The average Bonchev–Trinajstić information content (AvgIpc) is 2.71. The molecule has 6 nitrogen and oxygen atoms in total. The maximum Gasteiger partial charge on any atom is 0.229 e. The molecule has 1 unspecified atom stereocenters. The first-order chi connectivity index (χ1) is 7.65. The second-order valence-electron chi connectivity index (χ2n) is 3.24. The lowest BCUT2D eigenvalue weighted by Crippen LogP contribution is -2.38. The van der Waals surface area contributed by atoms with Crippen LogP contribution >= 0.6 is 12.2 Å². The molecule has 0 aliphatic heterocycles. The molecular formula is C9H14N4O2S. The molecular weight excluding hydrogens is 228 g/mol. The Bertz CT molecular complexity index is 352. The highest BCUT2D eigenvalue weighted by Crippen LogP contribution is 2.02. The number of hydrogen-bond acceptors (Lipinski definition) is 5. The Labute approximate surface area is 98.6 Å². The summed E-state index contributed by atoms with van der Waals surface area (Å²) in [5, 5.41) is 6.18. The molecule has 0 aromatic carbocycles. The molecule has 1 atom stereocenters. The molecule has 3 N–H and O–H groups in total. The SMILES string of the molecule is CCC(C(=O)NCCc1ncno1)C(N)=S. The first-order valence-electron chi connectivity index (χ1n) is 4.97. The summed E-state index contributed by atoms with van der Waals surface area (Å²) in [4.78, 5) is 15.7. The Hall–Kier alpha value is -1.50. The van der Waals surface area contributed by atoms with Crippen LogP contribution in [0.5, 0.6) is 0 Å². The number of nitrogens with one attached hydrogen (secondary N) is 1. The molecule has 16 heavy (non-hydrogen) atoms. The van der Waals surface area contributed by atoms with Crippen LogP contribution in [0, 0.1) is 5.92 Å². The first-order valence-corrected chi connectivity index (χ1v) is 5.38. The van der Waals surface area contributed by atoms with Crippen LogP contribution in [0.1, 0.15) is 19.2 Å². The van der Waals surface area contributed by atoms with Gasteiger partial charge in [-0.3, -0.25) is 4.79 Å². The van der Waals surface area contributed by atoms with Crippen molar-refractivity contribution in [2.24, 2.45) is 11.7 Å². The molecule has 1 heterocycles. The summed E-state index contributed by atoms with van der Waals surface area (Å²) in [6.45, 7) is 2.29. The van der Waals surface area contributed by atoms with Gasteiger partial charge in [0.1, 0.15) is 0 Å². The minimum atomic E-state index is -0.405. The van der Waals surface area contributed by atoms with E-state index in [4.69, 9.17) is 22.5 Å². The van der Waals surface area contributed by atoms with Gasteiger partial charge in [0, 0.05) is 13.0 Å². The van der Waals surface area contributed by atoms with Gasteiger partial charge in [0.25, 0.3) is 0 Å². The van der Waals surface area contributed by atoms with Crippen molar-refractivity contribution in [1.82, 2.24) is 15.5 Å². The van der Waals surface area contributed by atoms with Crippen molar-refractivity contribution in [3.05, 3.63) is 12.2 Å². The van der Waals surface area contributed by atoms with Crippen LogP contribution in [0.4, 0.5) is 0 Å². The molecule has 1 aromatic rings. The van der Waals surface area contributed by atoms with Crippen LogP contribution in [-0.4, -0.2) is 27.6 Å². The number of hydrogen-bond donors (Lipinski definition) is 2. The van der Waals surface area contributed by atoms with E-state index in [2.05, 4.69) is 15.5 Å². The fourth-order valence-corrected chi connectivity index (χ4v) is 1.51. The summed E-state index contributed by atoms with van der Waals surface area (Å²) < 4.78 is 4.79. The lowest BCUT2D eigenvalue weighted by molar-refractivity contribution is -0.123. The van der Waals surface area contributed by atoms with Gasteiger partial charge in [0.05, 0.1) is 10.9 Å². The van der Waals surface area contributed by atoms with Gasteiger partial charge in [-0.25, -0.2) is 0 Å². The standard InChI is InChI=1S/C9H14N4O2S/c1-2-6(8(10)16)9(14)11-4-3-7-12-5-13-15-7/h5-6H,2-4H2,1H3,(H2,10,16)(H,11,14). The Morgan fingerprint density at radius 2 is 2.50 bits per heavy atom. The summed E-state index contributed by atoms with van der Waals surface area (Å²) >= 11 is 4.80. The summed E-state index contributed by atoms with van der Waals surface area (Å²) in [5.74, 6) is -0.0733. The maximum atomic E-state index is 11.6. The number of rotatable bonds is 6. The van der Waals surface area contributed by atoms with E-state index in [9.17, 15) is 4.79 Å². The van der Waals surface area contributed by atoms with E-state index in [1.807, 2.05) is 6.92 Å². The smallest absolute Gasteiger partial charge is 0.229 e. The van der Waals surface area contributed by atoms with E-state index in [-0.39, 0.29) is 10.9 Å². The molecule has 1 aromatic heterocycles. The van der Waals surface area contributed by atoms with E-state index in [1.165, 1.54) is 6.33 Å². The number of thiocarbonyl (C=S) groups is 1. The van der Waals surface area contributed by atoms with Crippen molar-refractivity contribution in [3.63, 3.8) is 0 Å². The Morgan fingerprint density at radius 1 is 1.75 bits per heavy atom. The van der Waals surface area contributed by atoms with Gasteiger partial charge in [0.2, 0.25) is 11.8 Å². The van der Waals surface area contributed by atoms with Crippen molar-refractivity contribution in [3.8, 4) is 0 Å². The van der Waals surface area contributed by atoms with E-state index in [1.54, 1.807) is 0 Å². The molecule has 0 fully saturated rings. The number of nitrogens with two attached hydrogens (primary N) is 1. The molecule has 1 rings (SSSR count). The fourth-order valence-electron chi connectivity index (χ4n) is 1.24. The predicted octanol–water partition coefficient (Wildman–Crippen LogP) is 0.0406. The number of aromatic nitrogens is 2. The Morgan fingerprint density at radius 3 is 3.00 bits per heavy atom. The van der Waals surface area contributed by atoms with Crippen molar-refractivity contribution >= 4 is 23.1 Å². The van der Waals surface area contributed by atoms with Crippen molar-refractivity contribution in [2.75, 3.05) is 6.54 Å². The van der Waals surface area contributed by atoms with Crippen molar-refractivity contribution in [1.29, 1.82) is 0 Å². The molecule has 88 valence electrons. The molecule has 7 heteroatoms. The van der Waals surface area contributed by atoms with Crippen molar-refractivity contribution < 1.29 is 9.32 Å². The van der Waals surface area contributed by atoms with Gasteiger partial charge >= 0.3 is 0 Å². The highest BCUT2D eigenvalue weighted by Gasteiger charge is 2.18. The minimum absolute atomic E-state index is 0.158. The van der Waals surface area contributed by atoms with Gasteiger partial charge in [-0.1, -0.05) is 24.3 Å². The largest absolute Gasteiger partial charge is 0.393 e. The quantitative estimate of drug-likeness (QED) is 0.684. The summed E-state index contributed by atoms with van der Waals surface area (Å²) in [6.07, 6.45) is 2.42. The summed E-state index contributed by atoms with van der Waals surface area (Å²) in [7, 11) is 0. The Kier molecular flexibility index (Phi) is 4.84. The van der Waals surface area contributed by atoms with Gasteiger partial charge < -0.3 is 15.6 Å². The monoisotopic (exact) mass is 242 g/mol. The van der Waals surface area contributed by atoms with Crippen LogP contribution < -0.4 is 11.1 Å². The van der Waals surface area contributed by atoms with Crippen molar-refractivity contribution in [2.45, 2.75) is 19.8 Å². The van der Waals surface area contributed by atoms with Crippen LogP contribution in [0.3, 0.4) is 0 Å². The number of amides is 1. The van der Waals surface area contributed by atoms with Gasteiger partial charge in [-0.2, -0.15) is 4.98 Å². The van der Waals surface area contributed by atoms with E-state index >= 15 is 0 Å². The summed E-state index contributed by atoms with van der Waals surface area (Å²) in [5.41, 5.74) is 5.44. The van der Waals surface area contributed by atoms with Crippen LogP contribution in [0.15, 0.2) is 10.9 Å². The molecule has 0 aliphatic carbocycles. The second-order valence-corrected chi connectivity index (χ2v) is 3.71. The zero-order chi connectivity index (χ0) is 12.0. The highest BCUT2D eigenvalue weighted by molar-refractivity contribution is 7.80. The molecule has 0 spiro atoms. The van der Waals surface area contributed by atoms with E-state index in [0.717, 1.165) is 0 Å². The molecule has 0 aliphatic rings. The molecule has 0 saturated heterocycles. The molecule has 0 bridgehead atoms. The lowest BCUT2D eigenvalue weighted by Gasteiger charge is -2.12. The molecule has 0 radical (unpaired) electrons. The van der Waals surface area contributed by atoms with Crippen LogP contribution in [-0.2, 0) is 11.2 Å². The van der Waals surface area contributed by atoms with Gasteiger partial charge in [-0.15, -0.1) is 0 Å². The van der Waals surface area contributed by atoms with E-state index in [0.29, 0.717) is 25.3 Å². The second kappa shape index (κ2) is 6.16. The number of carbonyl (C=O) groups is 1. The zero-order valence-electron chi connectivity index (χ0n) is 8.97. The van der Waals surface area contributed by atoms with Gasteiger partial charge in [0.15, 0.2) is 6.33 Å². The van der Waals surface area contributed by atoms with Crippen LogP contribution in [0.2, 0.25) is 0 Å². The average molecular weight is 242 g/mol. The van der Waals surface area contributed by atoms with Gasteiger partial charge in [-0.05, 0) is 6.42 Å². The Balaban J connectivity index is 2.32. The molecule has 1 amide bonds. The first kappa shape index (κ1) is 12.6. The topological polar surface area (TPSA) is 94.0 Å². The summed E-state index contributed by atoms with van der Waals surface area (Å²) in [6, 6.07) is 0. The zero-order valence-corrected chi connectivity index (χ0v) is 9.79.